The van der Waals surface area contributed by atoms with E-state index < -0.39 is 5.41 Å². The van der Waals surface area contributed by atoms with Gasteiger partial charge in [0.05, 0.1) is 12.0 Å². The summed E-state index contributed by atoms with van der Waals surface area (Å²) >= 11 is 0. The predicted octanol–water partition coefficient (Wildman–Crippen LogP) is 2.27. The molecular formula is C18H19FN2O2. The van der Waals surface area contributed by atoms with Gasteiger partial charge < -0.3 is 10.0 Å². The quantitative estimate of drug-likeness (QED) is 0.890. The van der Waals surface area contributed by atoms with Gasteiger partial charge in [-0.3, -0.25) is 9.78 Å². The molecule has 2 aromatic rings. The molecule has 1 aliphatic carbocycles. The summed E-state index contributed by atoms with van der Waals surface area (Å²) in [7, 11) is 0. The standard InChI is InChI=1S/C18H19FN2O2/c19-16-6-2-1-5-15(16)18(7-8-18)17(23)21(10-11-22)13-14-4-3-9-20-12-14/h1-6,9,12,22H,7-8,10-11,13H2. The second-order valence-corrected chi connectivity index (χ2v) is 5.87. The van der Waals surface area contributed by atoms with Crippen molar-refractivity contribution in [1.29, 1.82) is 0 Å². The van der Waals surface area contributed by atoms with E-state index in [-0.39, 0.29) is 24.9 Å². The SMILES string of the molecule is O=C(N(CCO)Cc1cccnc1)C1(c2ccccc2F)CC1. The number of nitrogens with zero attached hydrogens (tertiary/aromatic N) is 2. The molecule has 1 fully saturated rings. The highest BCUT2D eigenvalue weighted by molar-refractivity contribution is 5.91. The lowest BCUT2D eigenvalue weighted by molar-refractivity contribution is -0.135. The van der Waals surface area contributed by atoms with Crippen LogP contribution in [-0.2, 0) is 16.8 Å². The van der Waals surface area contributed by atoms with Gasteiger partial charge in [0.15, 0.2) is 0 Å². The van der Waals surface area contributed by atoms with Gasteiger partial charge in [0.25, 0.3) is 0 Å². The van der Waals surface area contributed by atoms with Crippen molar-refractivity contribution in [2.75, 3.05) is 13.2 Å². The first kappa shape index (κ1) is 15.6. The average Bonchev–Trinajstić information content (AvgIpc) is 3.37. The Morgan fingerprint density at radius 2 is 2.04 bits per heavy atom. The lowest BCUT2D eigenvalue weighted by Crippen LogP contribution is -2.40. The zero-order chi connectivity index (χ0) is 16.3. The van der Waals surface area contributed by atoms with E-state index in [9.17, 15) is 14.3 Å². The summed E-state index contributed by atoms with van der Waals surface area (Å²) in [5.74, 6) is -0.468. The molecule has 1 aromatic carbocycles. The third kappa shape index (κ3) is 3.10. The summed E-state index contributed by atoms with van der Waals surface area (Å²) in [6.45, 7) is 0.465. The van der Waals surface area contributed by atoms with Gasteiger partial charge in [0.2, 0.25) is 5.91 Å². The van der Waals surface area contributed by atoms with Crippen LogP contribution < -0.4 is 0 Å². The number of benzene rings is 1. The Kier molecular flexibility index (Phi) is 4.39. The molecule has 0 saturated heterocycles. The van der Waals surface area contributed by atoms with Crippen LogP contribution in [0.25, 0.3) is 0 Å². The summed E-state index contributed by atoms with van der Waals surface area (Å²) in [6, 6.07) is 10.1. The molecule has 120 valence electrons. The van der Waals surface area contributed by atoms with Gasteiger partial charge in [0.1, 0.15) is 5.82 Å². The van der Waals surface area contributed by atoms with Crippen molar-refractivity contribution >= 4 is 5.91 Å². The van der Waals surface area contributed by atoms with Gasteiger partial charge in [-0.05, 0) is 30.5 Å². The largest absolute Gasteiger partial charge is 0.395 e. The van der Waals surface area contributed by atoms with E-state index in [1.165, 1.54) is 6.07 Å². The monoisotopic (exact) mass is 314 g/mol. The van der Waals surface area contributed by atoms with E-state index in [2.05, 4.69) is 4.98 Å². The molecule has 1 aliphatic rings. The number of rotatable bonds is 6. The molecule has 4 nitrogen and oxygen atoms in total. The van der Waals surface area contributed by atoms with Gasteiger partial charge in [-0.15, -0.1) is 0 Å². The van der Waals surface area contributed by atoms with Crippen LogP contribution in [0.15, 0.2) is 48.8 Å². The maximum atomic E-state index is 14.1. The number of hydrogen-bond donors (Lipinski definition) is 1. The van der Waals surface area contributed by atoms with Crippen molar-refractivity contribution in [1.82, 2.24) is 9.88 Å². The molecule has 0 bridgehead atoms. The number of carbonyl (C=O) groups is 1. The molecule has 1 amide bonds. The molecule has 5 heteroatoms. The fourth-order valence-electron chi connectivity index (χ4n) is 2.96. The van der Waals surface area contributed by atoms with Crippen LogP contribution in [0, 0.1) is 5.82 Å². The van der Waals surface area contributed by atoms with Crippen LogP contribution in [0.1, 0.15) is 24.0 Å². The third-order valence-corrected chi connectivity index (χ3v) is 4.30. The predicted molar refractivity (Wildman–Crippen MR) is 84.1 cm³/mol. The maximum Gasteiger partial charge on any atom is 0.233 e. The maximum absolute atomic E-state index is 14.1. The molecule has 0 atom stereocenters. The van der Waals surface area contributed by atoms with Crippen molar-refractivity contribution in [3.8, 4) is 0 Å². The first-order valence-corrected chi connectivity index (χ1v) is 7.71. The third-order valence-electron chi connectivity index (χ3n) is 4.30. The molecule has 0 radical (unpaired) electrons. The topological polar surface area (TPSA) is 53.4 Å². The van der Waals surface area contributed by atoms with Crippen molar-refractivity contribution in [3.63, 3.8) is 0 Å². The smallest absolute Gasteiger partial charge is 0.233 e. The van der Waals surface area contributed by atoms with Crippen LogP contribution in [0.5, 0.6) is 0 Å². The first-order chi connectivity index (χ1) is 11.2. The molecule has 23 heavy (non-hydrogen) atoms. The van der Waals surface area contributed by atoms with E-state index in [4.69, 9.17) is 0 Å². The van der Waals surface area contributed by atoms with Crippen molar-refractivity contribution in [2.45, 2.75) is 24.8 Å². The lowest BCUT2D eigenvalue weighted by atomic mass is 9.93. The Bertz CT molecular complexity index is 686. The molecular weight excluding hydrogens is 295 g/mol. The van der Waals surface area contributed by atoms with Gasteiger partial charge in [-0.25, -0.2) is 4.39 Å². The Hall–Kier alpha value is -2.27. The summed E-state index contributed by atoms with van der Waals surface area (Å²) in [4.78, 5) is 18.6. The van der Waals surface area contributed by atoms with Gasteiger partial charge in [-0.1, -0.05) is 24.3 Å². The molecule has 1 saturated carbocycles. The zero-order valence-electron chi connectivity index (χ0n) is 12.8. The molecule has 1 aromatic heterocycles. The van der Waals surface area contributed by atoms with E-state index in [1.54, 1.807) is 41.6 Å². The lowest BCUT2D eigenvalue weighted by Gasteiger charge is -2.27. The number of aromatic nitrogens is 1. The highest BCUT2D eigenvalue weighted by atomic mass is 19.1. The Morgan fingerprint density at radius 3 is 2.65 bits per heavy atom. The van der Waals surface area contributed by atoms with Crippen molar-refractivity contribution in [3.05, 3.63) is 65.7 Å². The second kappa shape index (κ2) is 6.46. The summed E-state index contributed by atoms with van der Waals surface area (Å²) in [5.41, 5.74) is 0.570. The van der Waals surface area contributed by atoms with E-state index in [0.717, 1.165) is 5.56 Å². The van der Waals surface area contributed by atoms with Crippen molar-refractivity contribution < 1.29 is 14.3 Å². The van der Waals surface area contributed by atoms with Gasteiger partial charge in [0, 0.05) is 31.0 Å². The van der Waals surface area contributed by atoms with E-state index in [1.807, 2.05) is 6.07 Å². The van der Waals surface area contributed by atoms with Gasteiger partial charge >= 0.3 is 0 Å². The summed E-state index contributed by atoms with van der Waals surface area (Å²) < 4.78 is 14.1. The Labute approximate surface area is 134 Å². The molecule has 1 heterocycles. The highest BCUT2D eigenvalue weighted by Gasteiger charge is 2.54. The Balaban J connectivity index is 1.85. The fourth-order valence-corrected chi connectivity index (χ4v) is 2.96. The van der Waals surface area contributed by atoms with Crippen LogP contribution >= 0.6 is 0 Å². The van der Waals surface area contributed by atoms with Crippen LogP contribution in [0.2, 0.25) is 0 Å². The van der Waals surface area contributed by atoms with Gasteiger partial charge in [-0.2, -0.15) is 0 Å². The average molecular weight is 314 g/mol. The van der Waals surface area contributed by atoms with Crippen LogP contribution in [0.3, 0.4) is 0 Å². The number of halogens is 1. The number of pyridine rings is 1. The minimum atomic E-state index is -0.775. The fraction of sp³-hybridized carbons (Fsp3) is 0.333. The second-order valence-electron chi connectivity index (χ2n) is 5.87. The summed E-state index contributed by atoms with van der Waals surface area (Å²) in [6.07, 6.45) is 4.65. The Morgan fingerprint density at radius 1 is 1.26 bits per heavy atom. The number of carbonyl (C=O) groups excluding carboxylic acids is 1. The number of aliphatic hydroxyl groups excluding tert-OH is 1. The van der Waals surface area contributed by atoms with E-state index in [0.29, 0.717) is 24.9 Å². The molecule has 0 aliphatic heterocycles. The first-order valence-electron chi connectivity index (χ1n) is 7.71. The molecule has 0 unspecified atom stereocenters. The van der Waals surface area contributed by atoms with Crippen molar-refractivity contribution in [2.24, 2.45) is 0 Å². The number of amides is 1. The molecule has 3 rings (SSSR count). The number of hydrogen-bond acceptors (Lipinski definition) is 3. The normalized spacial score (nSPS) is 15.2. The van der Waals surface area contributed by atoms with E-state index >= 15 is 0 Å². The zero-order valence-corrected chi connectivity index (χ0v) is 12.8. The molecule has 1 N–H and O–H groups in total. The highest BCUT2D eigenvalue weighted by Crippen LogP contribution is 2.50. The summed E-state index contributed by atoms with van der Waals surface area (Å²) in [5, 5.41) is 9.29. The van der Waals surface area contributed by atoms with Crippen LogP contribution in [0.4, 0.5) is 4.39 Å². The van der Waals surface area contributed by atoms with Crippen LogP contribution in [-0.4, -0.2) is 34.0 Å². The molecule has 0 spiro atoms. The minimum absolute atomic E-state index is 0.125. The minimum Gasteiger partial charge on any atom is -0.395 e. The number of aliphatic hydroxyl groups is 1.